The van der Waals surface area contributed by atoms with E-state index in [0.717, 1.165) is 6.42 Å². The van der Waals surface area contributed by atoms with Crippen LogP contribution in [0.25, 0.3) is 0 Å². The summed E-state index contributed by atoms with van der Waals surface area (Å²) in [7, 11) is 3.86. The number of hydrogen-bond donors (Lipinski definition) is 0. The third-order valence-corrected chi connectivity index (χ3v) is 2.59. The fourth-order valence-electron chi connectivity index (χ4n) is 1.57. The Hall–Kier alpha value is -0.790. The summed E-state index contributed by atoms with van der Waals surface area (Å²) < 4.78 is 0. The average Bonchev–Trinajstić information content (AvgIpc) is 2.25. The molecule has 0 aliphatic heterocycles. The molecule has 2 heteroatoms. The van der Waals surface area contributed by atoms with Crippen molar-refractivity contribution in [2.75, 3.05) is 14.1 Å². The molecule has 0 spiro atoms. The van der Waals surface area contributed by atoms with Gasteiger partial charge in [-0.1, -0.05) is 45.4 Å². The van der Waals surface area contributed by atoms with Gasteiger partial charge in [-0.3, -0.25) is 4.79 Å². The maximum Gasteiger partial charge on any atom is 0.157 e. The largest absolute Gasteiger partial charge is 0.383 e. The number of carbonyl (C=O) groups excluding carboxylic acids is 1. The summed E-state index contributed by atoms with van der Waals surface area (Å²) in [6, 6.07) is 0. The Kier molecular flexibility index (Phi) is 10.2. The monoisotopic (exact) mass is 225 g/mol. The van der Waals surface area contributed by atoms with Crippen molar-refractivity contribution in [3.8, 4) is 0 Å². The van der Waals surface area contributed by atoms with Gasteiger partial charge in [0.05, 0.1) is 0 Å². The molecule has 0 N–H and O–H groups in total. The molecule has 0 amide bonds. The summed E-state index contributed by atoms with van der Waals surface area (Å²) in [5.41, 5.74) is 0. The lowest BCUT2D eigenvalue weighted by atomic mass is 10.1. The first-order valence-corrected chi connectivity index (χ1v) is 6.54. The highest BCUT2D eigenvalue weighted by molar-refractivity contribution is 5.89. The number of carbonyl (C=O) groups is 1. The first kappa shape index (κ1) is 15.2. The van der Waals surface area contributed by atoms with Crippen LogP contribution in [0.2, 0.25) is 0 Å². The van der Waals surface area contributed by atoms with E-state index in [4.69, 9.17) is 0 Å². The highest BCUT2D eigenvalue weighted by atomic mass is 16.1. The lowest BCUT2D eigenvalue weighted by molar-refractivity contribution is -0.114. The van der Waals surface area contributed by atoms with Crippen molar-refractivity contribution < 1.29 is 4.79 Å². The minimum absolute atomic E-state index is 0.252. The van der Waals surface area contributed by atoms with Crippen LogP contribution >= 0.6 is 0 Å². The predicted octanol–water partition coefficient (Wildman–Crippen LogP) is 3.77. The molecule has 0 atom stereocenters. The Morgan fingerprint density at radius 2 is 1.56 bits per heavy atom. The lowest BCUT2D eigenvalue weighted by Crippen LogP contribution is -2.02. The quantitative estimate of drug-likeness (QED) is 0.416. The summed E-state index contributed by atoms with van der Waals surface area (Å²) in [4.78, 5) is 13.3. The maximum absolute atomic E-state index is 11.4. The topological polar surface area (TPSA) is 20.3 Å². The van der Waals surface area contributed by atoms with E-state index < -0.39 is 0 Å². The zero-order valence-corrected chi connectivity index (χ0v) is 11.2. The van der Waals surface area contributed by atoms with Gasteiger partial charge in [-0.25, -0.2) is 0 Å². The fourth-order valence-corrected chi connectivity index (χ4v) is 1.57. The molecule has 0 aromatic carbocycles. The molecule has 94 valence electrons. The van der Waals surface area contributed by atoms with Crippen LogP contribution in [0.15, 0.2) is 12.3 Å². The molecule has 0 unspecified atom stereocenters. The van der Waals surface area contributed by atoms with Gasteiger partial charge in [0.25, 0.3) is 0 Å². The number of ketones is 1. The molecule has 0 saturated heterocycles. The van der Waals surface area contributed by atoms with E-state index in [1.54, 1.807) is 6.08 Å². The second-order valence-electron chi connectivity index (χ2n) is 4.62. The first-order valence-electron chi connectivity index (χ1n) is 6.54. The normalized spacial score (nSPS) is 10.9. The number of rotatable bonds is 10. The van der Waals surface area contributed by atoms with Crippen LogP contribution < -0.4 is 0 Å². The van der Waals surface area contributed by atoms with Gasteiger partial charge in [0.1, 0.15) is 0 Å². The molecule has 0 aromatic heterocycles. The van der Waals surface area contributed by atoms with Crippen molar-refractivity contribution >= 4 is 5.78 Å². The fraction of sp³-hybridized carbons (Fsp3) is 0.786. The molecular weight excluding hydrogens is 198 g/mol. The Balaban J connectivity index is 3.28. The van der Waals surface area contributed by atoms with Gasteiger partial charge in [0, 0.05) is 26.7 Å². The van der Waals surface area contributed by atoms with Crippen molar-refractivity contribution in [2.24, 2.45) is 0 Å². The van der Waals surface area contributed by atoms with Gasteiger partial charge in [-0.2, -0.15) is 0 Å². The first-order chi connectivity index (χ1) is 7.66. The van der Waals surface area contributed by atoms with Crippen LogP contribution in [0.3, 0.4) is 0 Å². The van der Waals surface area contributed by atoms with Crippen molar-refractivity contribution in [1.82, 2.24) is 4.90 Å². The average molecular weight is 225 g/mol. The van der Waals surface area contributed by atoms with Crippen LogP contribution in [0.5, 0.6) is 0 Å². The van der Waals surface area contributed by atoms with Crippen molar-refractivity contribution in [1.29, 1.82) is 0 Å². The Morgan fingerprint density at radius 1 is 1.00 bits per heavy atom. The minimum Gasteiger partial charge on any atom is -0.383 e. The van der Waals surface area contributed by atoms with E-state index >= 15 is 0 Å². The third kappa shape index (κ3) is 11.3. The molecule has 0 rings (SSSR count). The lowest BCUT2D eigenvalue weighted by Gasteiger charge is -2.03. The predicted molar refractivity (Wildman–Crippen MR) is 70.4 cm³/mol. The van der Waals surface area contributed by atoms with Gasteiger partial charge in [0.15, 0.2) is 5.78 Å². The summed E-state index contributed by atoms with van der Waals surface area (Å²) in [6.45, 7) is 2.23. The zero-order valence-electron chi connectivity index (χ0n) is 11.2. The second-order valence-corrected chi connectivity index (χ2v) is 4.62. The molecule has 0 saturated carbocycles. The van der Waals surface area contributed by atoms with E-state index in [9.17, 15) is 4.79 Å². The van der Waals surface area contributed by atoms with Gasteiger partial charge in [-0.15, -0.1) is 0 Å². The van der Waals surface area contributed by atoms with E-state index in [1.165, 1.54) is 38.5 Å². The van der Waals surface area contributed by atoms with Crippen LogP contribution in [0.1, 0.15) is 58.3 Å². The molecule has 0 aliphatic rings. The minimum atomic E-state index is 0.252. The van der Waals surface area contributed by atoms with Crippen molar-refractivity contribution in [3.05, 3.63) is 12.3 Å². The SMILES string of the molecule is CCCCCCCCCC(=O)/C=C/N(C)C. The van der Waals surface area contributed by atoms with E-state index in [-0.39, 0.29) is 5.78 Å². The third-order valence-electron chi connectivity index (χ3n) is 2.59. The highest BCUT2D eigenvalue weighted by Gasteiger charge is 1.97. The Morgan fingerprint density at radius 3 is 2.12 bits per heavy atom. The summed E-state index contributed by atoms with van der Waals surface area (Å²) in [5, 5.41) is 0. The molecule has 0 heterocycles. The number of allylic oxidation sites excluding steroid dienone is 1. The molecular formula is C14H27NO. The molecule has 0 radical (unpaired) electrons. The maximum atomic E-state index is 11.4. The Labute approximate surface area is 101 Å². The number of unbranched alkanes of at least 4 members (excludes halogenated alkanes) is 6. The van der Waals surface area contributed by atoms with Gasteiger partial charge in [0.2, 0.25) is 0 Å². The van der Waals surface area contributed by atoms with Crippen molar-refractivity contribution in [3.63, 3.8) is 0 Å². The van der Waals surface area contributed by atoms with E-state index in [2.05, 4.69) is 6.92 Å². The molecule has 0 bridgehead atoms. The molecule has 0 aromatic rings. The highest BCUT2D eigenvalue weighted by Crippen LogP contribution is 2.08. The number of hydrogen-bond acceptors (Lipinski definition) is 2. The second kappa shape index (κ2) is 10.7. The summed E-state index contributed by atoms with van der Waals surface area (Å²) in [6.07, 6.45) is 13.1. The zero-order chi connectivity index (χ0) is 12.2. The van der Waals surface area contributed by atoms with Gasteiger partial charge < -0.3 is 4.90 Å². The standard InChI is InChI=1S/C14H27NO/c1-4-5-6-7-8-9-10-11-14(16)12-13-15(2)3/h12-13H,4-11H2,1-3H3/b13-12+. The van der Waals surface area contributed by atoms with Gasteiger partial charge in [-0.05, 0) is 12.5 Å². The van der Waals surface area contributed by atoms with E-state index in [1.807, 2.05) is 25.2 Å². The van der Waals surface area contributed by atoms with Crippen LogP contribution in [-0.2, 0) is 4.79 Å². The van der Waals surface area contributed by atoms with Crippen LogP contribution in [0.4, 0.5) is 0 Å². The summed E-state index contributed by atoms with van der Waals surface area (Å²) in [5.74, 6) is 0.252. The molecule has 0 aliphatic carbocycles. The van der Waals surface area contributed by atoms with E-state index in [0.29, 0.717) is 6.42 Å². The summed E-state index contributed by atoms with van der Waals surface area (Å²) >= 11 is 0. The molecule has 0 fully saturated rings. The van der Waals surface area contributed by atoms with Crippen molar-refractivity contribution in [2.45, 2.75) is 58.3 Å². The number of nitrogens with zero attached hydrogens (tertiary/aromatic N) is 1. The smallest absolute Gasteiger partial charge is 0.157 e. The van der Waals surface area contributed by atoms with Crippen LogP contribution in [0, 0.1) is 0 Å². The molecule has 2 nitrogen and oxygen atoms in total. The van der Waals surface area contributed by atoms with Gasteiger partial charge >= 0.3 is 0 Å². The molecule has 16 heavy (non-hydrogen) atoms. The Bertz CT molecular complexity index is 197. The van der Waals surface area contributed by atoms with Crippen LogP contribution in [-0.4, -0.2) is 24.8 Å².